The molecular weight excluding hydrogens is 320 g/mol. The number of hydrogen-bond acceptors (Lipinski definition) is 2. The number of fused-ring (bicyclic) bond motifs is 5. The summed E-state index contributed by atoms with van der Waals surface area (Å²) in [4.78, 5) is 0. The van der Waals surface area contributed by atoms with Gasteiger partial charge in [0.2, 0.25) is 0 Å². The Bertz CT molecular complexity index is 1040. The van der Waals surface area contributed by atoms with Crippen LogP contribution in [0.5, 0.6) is 11.5 Å². The molecule has 0 radical (unpaired) electrons. The normalized spacial score (nSPS) is 11.4. The van der Waals surface area contributed by atoms with Gasteiger partial charge in [-0.3, -0.25) is 0 Å². The highest BCUT2D eigenvalue weighted by Gasteiger charge is 2.16. The van der Waals surface area contributed by atoms with Gasteiger partial charge in [0.25, 0.3) is 0 Å². The average molecular weight is 344 g/mol. The Morgan fingerprint density at radius 1 is 0.654 bits per heavy atom. The summed E-state index contributed by atoms with van der Waals surface area (Å²) in [5.74, 6) is 1.83. The maximum atomic E-state index is 5.74. The van der Waals surface area contributed by atoms with Gasteiger partial charge in [-0.05, 0) is 57.6 Å². The first-order valence-corrected chi connectivity index (χ1v) is 9.24. The molecule has 4 aromatic rings. The van der Waals surface area contributed by atoms with Gasteiger partial charge in [-0.25, -0.2) is 0 Å². The van der Waals surface area contributed by atoms with E-state index in [1.54, 1.807) is 14.2 Å². The molecule has 2 nitrogen and oxygen atoms in total. The van der Waals surface area contributed by atoms with Gasteiger partial charge in [-0.15, -0.1) is 0 Å². The van der Waals surface area contributed by atoms with Gasteiger partial charge in [0.15, 0.2) is 0 Å². The molecular formula is C24H24O2. The van der Waals surface area contributed by atoms with Crippen LogP contribution in [-0.2, 0) is 12.8 Å². The maximum absolute atomic E-state index is 5.74. The van der Waals surface area contributed by atoms with E-state index in [0.717, 1.165) is 24.3 Å². The first-order valence-electron chi connectivity index (χ1n) is 9.24. The monoisotopic (exact) mass is 344 g/mol. The molecule has 0 amide bonds. The molecule has 0 heterocycles. The zero-order valence-corrected chi connectivity index (χ0v) is 15.8. The van der Waals surface area contributed by atoms with E-state index in [4.69, 9.17) is 9.47 Å². The first-order chi connectivity index (χ1) is 12.7. The Kier molecular flexibility index (Phi) is 4.20. The second-order valence-electron chi connectivity index (χ2n) is 6.64. The predicted molar refractivity (Wildman–Crippen MR) is 111 cm³/mol. The highest BCUT2D eigenvalue weighted by molar-refractivity contribution is 6.24. The Morgan fingerprint density at radius 3 is 1.50 bits per heavy atom. The lowest BCUT2D eigenvalue weighted by atomic mass is 9.89. The summed E-state index contributed by atoms with van der Waals surface area (Å²) in [5, 5.41) is 7.44. The van der Waals surface area contributed by atoms with E-state index in [-0.39, 0.29) is 0 Å². The van der Waals surface area contributed by atoms with Crippen LogP contribution in [0.25, 0.3) is 32.3 Å². The number of hydrogen-bond donors (Lipinski definition) is 0. The summed E-state index contributed by atoms with van der Waals surface area (Å²) >= 11 is 0. The molecule has 4 aromatic carbocycles. The molecule has 0 aromatic heterocycles. The van der Waals surface area contributed by atoms with Crippen molar-refractivity contribution in [3.8, 4) is 11.5 Å². The van der Waals surface area contributed by atoms with Crippen LogP contribution in [0.15, 0.2) is 48.5 Å². The molecule has 0 fully saturated rings. The van der Waals surface area contributed by atoms with Crippen LogP contribution >= 0.6 is 0 Å². The second kappa shape index (κ2) is 6.53. The Labute approximate surface area is 154 Å². The summed E-state index contributed by atoms with van der Waals surface area (Å²) in [5.41, 5.74) is 2.70. The van der Waals surface area contributed by atoms with Crippen molar-refractivity contribution < 1.29 is 9.47 Å². The highest BCUT2D eigenvalue weighted by atomic mass is 16.5. The molecule has 132 valence electrons. The van der Waals surface area contributed by atoms with Crippen LogP contribution in [0.2, 0.25) is 0 Å². The van der Waals surface area contributed by atoms with Crippen molar-refractivity contribution in [1.29, 1.82) is 0 Å². The van der Waals surface area contributed by atoms with Gasteiger partial charge in [0, 0.05) is 10.8 Å². The number of rotatable bonds is 4. The van der Waals surface area contributed by atoms with E-state index in [0.29, 0.717) is 0 Å². The number of ether oxygens (including phenoxy) is 2. The van der Waals surface area contributed by atoms with Crippen LogP contribution in [0.1, 0.15) is 25.0 Å². The average Bonchev–Trinajstić information content (AvgIpc) is 2.70. The molecule has 0 saturated carbocycles. The molecule has 0 saturated heterocycles. The molecule has 0 N–H and O–H groups in total. The lowest BCUT2D eigenvalue weighted by Crippen LogP contribution is -1.95. The third-order valence-corrected chi connectivity index (χ3v) is 5.40. The van der Waals surface area contributed by atoms with Gasteiger partial charge >= 0.3 is 0 Å². The summed E-state index contributed by atoms with van der Waals surface area (Å²) in [7, 11) is 3.49. The van der Waals surface area contributed by atoms with Crippen molar-refractivity contribution in [3.63, 3.8) is 0 Å². The minimum Gasteiger partial charge on any atom is -0.496 e. The van der Waals surface area contributed by atoms with E-state index in [1.807, 2.05) is 0 Å². The van der Waals surface area contributed by atoms with Gasteiger partial charge < -0.3 is 9.47 Å². The minimum absolute atomic E-state index is 0.915. The molecule has 0 spiro atoms. The van der Waals surface area contributed by atoms with Gasteiger partial charge in [-0.2, -0.15) is 0 Å². The largest absolute Gasteiger partial charge is 0.496 e. The Balaban J connectivity index is 2.38. The molecule has 0 aliphatic rings. The van der Waals surface area contributed by atoms with E-state index in [1.165, 1.54) is 43.4 Å². The summed E-state index contributed by atoms with van der Waals surface area (Å²) in [6.07, 6.45) is 1.98. The first kappa shape index (κ1) is 16.7. The number of methoxy groups -OCH3 is 2. The Morgan fingerprint density at radius 2 is 1.12 bits per heavy atom. The van der Waals surface area contributed by atoms with Crippen molar-refractivity contribution in [2.45, 2.75) is 26.7 Å². The van der Waals surface area contributed by atoms with Crippen molar-refractivity contribution in [3.05, 3.63) is 59.7 Å². The minimum atomic E-state index is 0.915. The maximum Gasteiger partial charge on any atom is 0.127 e. The van der Waals surface area contributed by atoms with E-state index < -0.39 is 0 Å². The smallest absolute Gasteiger partial charge is 0.127 e. The van der Waals surface area contributed by atoms with Gasteiger partial charge in [-0.1, -0.05) is 50.2 Å². The third-order valence-electron chi connectivity index (χ3n) is 5.40. The van der Waals surface area contributed by atoms with E-state index >= 15 is 0 Å². The van der Waals surface area contributed by atoms with Crippen LogP contribution in [-0.4, -0.2) is 14.2 Å². The zero-order valence-electron chi connectivity index (χ0n) is 15.8. The van der Waals surface area contributed by atoms with E-state index in [2.05, 4.69) is 62.4 Å². The van der Waals surface area contributed by atoms with Crippen molar-refractivity contribution in [2.24, 2.45) is 0 Å². The zero-order chi connectivity index (χ0) is 18.3. The predicted octanol–water partition coefficient (Wildman–Crippen LogP) is 6.29. The SMILES string of the molecule is CCc1cccc2c(OC)cc3cc(OC)c4cccc(CC)c4c3c12. The van der Waals surface area contributed by atoms with Gasteiger partial charge in [0.05, 0.1) is 14.2 Å². The topological polar surface area (TPSA) is 18.5 Å². The molecule has 4 rings (SSSR count). The van der Waals surface area contributed by atoms with Crippen LogP contribution < -0.4 is 9.47 Å². The van der Waals surface area contributed by atoms with Crippen molar-refractivity contribution >= 4 is 32.3 Å². The summed E-state index contributed by atoms with van der Waals surface area (Å²) in [6, 6.07) is 17.3. The lowest BCUT2D eigenvalue weighted by molar-refractivity contribution is 0.419. The van der Waals surface area contributed by atoms with Gasteiger partial charge in [0.1, 0.15) is 11.5 Å². The van der Waals surface area contributed by atoms with E-state index in [9.17, 15) is 0 Å². The number of aryl methyl sites for hydroxylation is 2. The summed E-state index contributed by atoms with van der Waals surface area (Å²) < 4.78 is 11.5. The molecule has 0 unspecified atom stereocenters. The molecule has 0 bridgehead atoms. The molecule has 0 aliphatic heterocycles. The third kappa shape index (κ3) is 2.33. The quantitative estimate of drug-likeness (QED) is 0.405. The molecule has 26 heavy (non-hydrogen) atoms. The van der Waals surface area contributed by atoms with Crippen molar-refractivity contribution in [2.75, 3.05) is 14.2 Å². The van der Waals surface area contributed by atoms with Crippen LogP contribution in [0, 0.1) is 0 Å². The fourth-order valence-electron chi connectivity index (χ4n) is 4.17. The standard InChI is InChI=1S/C24H24O2/c1-5-15-9-7-11-18-20(25-3)13-17-14-21(26-4)19-12-8-10-16(6-2)23(19)24(17)22(15)18/h7-14H,5-6H2,1-4H3. The Hall–Kier alpha value is -2.74. The fourth-order valence-corrected chi connectivity index (χ4v) is 4.17. The highest BCUT2D eigenvalue weighted by Crippen LogP contribution is 2.43. The fraction of sp³-hybridized carbons (Fsp3) is 0.250. The van der Waals surface area contributed by atoms with Crippen LogP contribution in [0.4, 0.5) is 0 Å². The molecule has 2 heteroatoms. The van der Waals surface area contributed by atoms with Crippen molar-refractivity contribution in [1.82, 2.24) is 0 Å². The molecule has 0 aliphatic carbocycles. The second-order valence-corrected chi connectivity index (χ2v) is 6.64. The number of benzene rings is 4. The lowest BCUT2D eigenvalue weighted by Gasteiger charge is -2.18. The van der Waals surface area contributed by atoms with Crippen LogP contribution in [0.3, 0.4) is 0 Å². The molecule has 0 atom stereocenters. The summed E-state index contributed by atoms with van der Waals surface area (Å²) in [6.45, 7) is 4.43.